The normalized spacial score (nSPS) is 25.9. The van der Waals surface area contributed by atoms with Crippen LogP contribution in [0.3, 0.4) is 0 Å². The van der Waals surface area contributed by atoms with Crippen molar-refractivity contribution in [2.75, 3.05) is 38.3 Å². The lowest BCUT2D eigenvalue weighted by Crippen LogP contribution is -2.44. The third-order valence-corrected chi connectivity index (χ3v) is 7.16. The largest absolute Gasteiger partial charge is 0.495 e. The van der Waals surface area contributed by atoms with Gasteiger partial charge in [0.05, 0.1) is 25.9 Å². The van der Waals surface area contributed by atoms with E-state index in [0.717, 1.165) is 12.8 Å². The molecule has 12 heteroatoms. The number of hydrogen-bond donors (Lipinski definition) is 4. The van der Waals surface area contributed by atoms with Crippen LogP contribution in [-0.4, -0.2) is 67.6 Å². The summed E-state index contributed by atoms with van der Waals surface area (Å²) >= 11 is 1.45. The van der Waals surface area contributed by atoms with Crippen molar-refractivity contribution in [3.63, 3.8) is 0 Å². The van der Waals surface area contributed by atoms with Crippen molar-refractivity contribution in [1.82, 2.24) is 26.5 Å². The van der Waals surface area contributed by atoms with Crippen LogP contribution in [0.25, 0.3) is 5.57 Å². The van der Waals surface area contributed by atoms with Crippen molar-refractivity contribution in [3.05, 3.63) is 41.4 Å². The molecular formula is C24H28F2N6O3S. The van der Waals surface area contributed by atoms with E-state index < -0.39 is 23.9 Å². The number of hydrazine groups is 1. The number of morpholine rings is 1. The van der Waals surface area contributed by atoms with Crippen LogP contribution in [0.1, 0.15) is 28.8 Å². The molecule has 3 fully saturated rings. The van der Waals surface area contributed by atoms with Gasteiger partial charge in [-0.05, 0) is 25.0 Å². The Balaban J connectivity index is 1.42. The zero-order valence-corrected chi connectivity index (χ0v) is 20.5. The number of nitrogens with zero attached hydrogens (tertiary/aromatic N) is 2. The third kappa shape index (κ3) is 5.75. The minimum absolute atomic E-state index is 0.140. The Labute approximate surface area is 212 Å². The Bertz CT molecular complexity index is 1110. The standard InChI is InChI=1S/C24H28F2N6O3S/c1-34-19-13-27-18(22(25)26)10-16(19)15-11-20(32-6-8-35-9-7-32)28-12-17(15)23(33)29-24-31-30-21(36-24)5-4-14-2-3-14/h10-14,18,21-22,24,27,30-31H,2-3,6-9H2,1H3,(H,29,33). The first-order valence-electron chi connectivity index (χ1n) is 11.8. The van der Waals surface area contributed by atoms with Gasteiger partial charge in [-0.15, -0.1) is 0 Å². The Morgan fingerprint density at radius 2 is 2.11 bits per heavy atom. The van der Waals surface area contributed by atoms with Crippen LogP contribution in [0.2, 0.25) is 0 Å². The Morgan fingerprint density at radius 1 is 1.31 bits per heavy atom. The Morgan fingerprint density at radius 3 is 2.83 bits per heavy atom. The highest BCUT2D eigenvalue weighted by Crippen LogP contribution is 2.33. The SMILES string of the molecule is COC1=CNC(C(F)F)C=C1c1cc(N2CCOCC2)ncc1C(=O)NC1NNC(C#CC2CC2)S1. The highest BCUT2D eigenvalue weighted by molar-refractivity contribution is 8.00. The smallest absolute Gasteiger partial charge is 0.261 e. The lowest BCUT2D eigenvalue weighted by Gasteiger charge is -2.29. The number of methoxy groups -OCH3 is 1. The van der Waals surface area contributed by atoms with Gasteiger partial charge in [-0.3, -0.25) is 4.79 Å². The van der Waals surface area contributed by atoms with Crippen LogP contribution in [0.15, 0.2) is 30.3 Å². The number of aromatic nitrogens is 1. The van der Waals surface area contributed by atoms with Gasteiger partial charge in [0, 0.05) is 42.5 Å². The average molecular weight is 519 g/mol. The molecule has 2 saturated heterocycles. The van der Waals surface area contributed by atoms with Gasteiger partial charge in [0.1, 0.15) is 28.5 Å². The lowest BCUT2D eigenvalue weighted by molar-refractivity contribution is 0.0944. The van der Waals surface area contributed by atoms with E-state index in [-0.39, 0.29) is 10.9 Å². The highest BCUT2D eigenvalue weighted by Gasteiger charge is 2.30. The molecule has 1 aliphatic carbocycles. The molecule has 3 unspecified atom stereocenters. The molecule has 1 aromatic rings. The molecule has 1 aromatic heterocycles. The first-order chi connectivity index (χ1) is 17.5. The van der Waals surface area contributed by atoms with E-state index in [0.29, 0.717) is 54.9 Å². The van der Waals surface area contributed by atoms with E-state index in [2.05, 4.69) is 38.3 Å². The first kappa shape index (κ1) is 24.8. The molecule has 0 bridgehead atoms. The molecule has 0 radical (unpaired) electrons. The summed E-state index contributed by atoms with van der Waals surface area (Å²) in [6.07, 6.45) is 3.94. The molecule has 4 aliphatic rings. The molecule has 192 valence electrons. The monoisotopic (exact) mass is 518 g/mol. The minimum atomic E-state index is -2.63. The quantitative estimate of drug-likeness (QED) is 0.419. The predicted molar refractivity (Wildman–Crippen MR) is 133 cm³/mol. The van der Waals surface area contributed by atoms with Crippen molar-refractivity contribution < 1.29 is 23.0 Å². The van der Waals surface area contributed by atoms with Gasteiger partial charge in [-0.25, -0.2) is 24.6 Å². The minimum Gasteiger partial charge on any atom is -0.495 e. The zero-order valence-electron chi connectivity index (χ0n) is 19.7. The number of nitrogens with one attached hydrogen (secondary N) is 4. The number of halogens is 2. The van der Waals surface area contributed by atoms with Crippen molar-refractivity contribution in [2.24, 2.45) is 5.92 Å². The van der Waals surface area contributed by atoms with Crippen molar-refractivity contribution in [2.45, 2.75) is 36.2 Å². The van der Waals surface area contributed by atoms with E-state index in [1.54, 1.807) is 6.07 Å². The molecular weight excluding hydrogens is 490 g/mol. The number of hydrogen-bond acceptors (Lipinski definition) is 9. The fraction of sp³-hybridized carbons (Fsp3) is 0.500. The number of dihydropyridines is 1. The van der Waals surface area contributed by atoms with Gasteiger partial charge in [-0.2, -0.15) is 0 Å². The molecule has 1 saturated carbocycles. The Kier molecular flexibility index (Phi) is 7.62. The molecule has 3 atom stereocenters. The second-order valence-corrected chi connectivity index (χ2v) is 9.94. The number of pyridine rings is 1. The second-order valence-electron chi connectivity index (χ2n) is 8.73. The van der Waals surface area contributed by atoms with Gasteiger partial charge >= 0.3 is 0 Å². The van der Waals surface area contributed by atoms with Crippen molar-refractivity contribution >= 4 is 29.1 Å². The average Bonchev–Trinajstić information content (AvgIpc) is 3.64. The van der Waals surface area contributed by atoms with Crippen LogP contribution in [0.4, 0.5) is 14.6 Å². The van der Waals surface area contributed by atoms with Gasteiger partial charge < -0.3 is 25.0 Å². The van der Waals surface area contributed by atoms with E-state index in [9.17, 15) is 13.6 Å². The summed E-state index contributed by atoms with van der Waals surface area (Å²) in [4.78, 5) is 20.0. The number of thioether (sulfide) groups is 1. The van der Waals surface area contributed by atoms with Crippen LogP contribution < -0.4 is 26.4 Å². The fourth-order valence-corrected chi connectivity index (χ4v) is 4.88. The lowest BCUT2D eigenvalue weighted by atomic mass is 9.95. The van der Waals surface area contributed by atoms with Gasteiger partial charge in [-0.1, -0.05) is 23.6 Å². The number of carbonyl (C=O) groups excluding carboxylic acids is 1. The number of alkyl halides is 2. The third-order valence-electron chi connectivity index (χ3n) is 6.15. The van der Waals surface area contributed by atoms with Crippen molar-refractivity contribution in [3.8, 4) is 11.8 Å². The molecule has 4 heterocycles. The topological polar surface area (TPSA) is 99.8 Å². The van der Waals surface area contributed by atoms with Crippen LogP contribution in [-0.2, 0) is 9.47 Å². The summed E-state index contributed by atoms with van der Waals surface area (Å²) in [5, 5.41) is 5.43. The fourth-order valence-electron chi connectivity index (χ4n) is 4.02. The second kappa shape index (κ2) is 11.0. The number of anilines is 1. The van der Waals surface area contributed by atoms with E-state index in [4.69, 9.17) is 9.47 Å². The molecule has 5 rings (SSSR count). The summed E-state index contributed by atoms with van der Waals surface area (Å²) in [5.41, 5.74) is 6.80. The summed E-state index contributed by atoms with van der Waals surface area (Å²) in [6.45, 7) is 2.40. The summed E-state index contributed by atoms with van der Waals surface area (Å²) in [5.74, 6) is 7.47. The molecule has 3 aliphatic heterocycles. The maximum Gasteiger partial charge on any atom is 0.261 e. The number of ether oxygens (including phenoxy) is 2. The van der Waals surface area contributed by atoms with Crippen molar-refractivity contribution in [1.29, 1.82) is 0 Å². The highest BCUT2D eigenvalue weighted by atomic mass is 32.2. The molecule has 9 nitrogen and oxygen atoms in total. The molecule has 4 N–H and O–H groups in total. The van der Waals surface area contributed by atoms with E-state index in [1.165, 1.54) is 37.3 Å². The number of rotatable bonds is 6. The van der Waals surface area contributed by atoms with E-state index >= 15 is 0 Å². The van der Waals surface area contributed by atoms with Gasteiger partial charge in [0.25, 0.3) is 12.3 Å². The maximum atomic E-state index is 13.6. The molecule has 0 aromatic carbocycles. The summed E-state index contributed by atoms with van der Waals surface area (Å²) in [6, 6.07) is 0.543. The van der Waals surface area contributed by atoms with Gasteiger partial charge in [0.15, 0.2) is 0 Å². The Hall–Kier alpha value is -2.85. The number of allylic oxidation sites excluding steroid dienone is 1. The maximum absolute atomic E-state index is 13.6. The zero-order chi connectivity index (χ0) is 25.1. The molecule has 36 heavy (non-hydrogen) atoms. The van der Waals surface area contributed by atoms with Crippen LogP contribution in [0.5, 0.6) is 0 Å². The summed E-state index contributed by atoms with van der Waals surface area (Å²) in [7, 11) is 1.46. The van der Waals surface area contributed by atoms with Crippen LogP contribution >= 0.6 is 11.8 Å². The number of amides is 1. The van der Waals surface area contributed by atoms with Gasteiger partial charge in [0.2, 0.25) is 0 Å². The first-order valence-corrected chi connectivity index (χ1v) is 12.8. The number of carbonyl (C=O) groups is 1. The summed E-state index contributed by atoms with van der Waals surface area (Å²) < 4.78 is 38.0. The molecule has 0 spiro atoms. The predicted octanol–water partition coefficient (Wildman–Crippen LogP) is 1.62. The molecule has 1 amide bonds. The van der Waals surface area contributed by atoms with Crippen LogP contribution in [0, 0.1) is 17.8 Å². The van der Waals surface area contributed by atoms with E-state index in [1.807, 2.05) is 4.90 Å².